The van der Waals surface area contributed by atoms with Crippen LogP contribution in [-0.4, -0.2) is 20.2 Å². The topological polar surface area (TPSA) is 118 Å². The molecular formula is C15H15N3O4S. The molecule has 0 saturated carbocycles. The Labute approximate surface area is 133 Å². The maximum absolute atomic E-state index is 12.1. The van der Waals surface area contributed by atoms with Crippen molar-refractivity contribution in [2.24, 2.45) is 5.14 Å². The lowest BCUT2D eigenvalue weighted by molar-refractivity contribution is -0.114. The number of benzene rings is 2. The van der Waals surface area contributed by atoms with E-state index in [2.05, 4.69) is 10.6 Å². The number of rotatable bonds is 4. The number of nitrogens with two attached hydrogens (primary N) is 1. The third-order valence-electron chi connectivity index (χ3n) is 2.91. The molecule has 23 heavy (non-hydrogen) atoms. The van der Waals surface area contributed by atoms with Crippen LogP contribution in [0.25, 0.3) is 0 Å². The quantitative estimate of drug-likeness (QED) is 0.786. The van der Waals surface area contributed by atoms with Crippen molar-refractivity contribution < 1.29 is 18.0 Å². The number of primary sulfonamides is 1. The zero-order chi connectivity index (χ0) is 17.0. The number of nitrogens with one attached hydrogen (secondary N) is 2. The van der Waals surface area contributed by atoms with E-state index in [0.717, 1.165) is 0 Å². The Balaban J connectivity index is 2.08. The maximum Gasteiger partial charge on any atom is 0.255 e. The second kappa shape index (κ2) is 6.59. The number of hydrogen-bond donors (Lipinski definition) is 3. The number of sulfonamides is 1. The Morgan fingerprint density at radius 1 is 0.870 bits per heavy atom. The molecular weight excluding hydrogens is 318 g/mol. The minimum Gasteiger partial charge on any atom is -0.326 e. The van der Waals surface area contributed by atoms with Crippen LogP contribution in [0.5, 0.6) is 0 Å². The Kier molecular flexibility index (Phi) is 4.77. The second-order valence-corrected chi connectivity index (χ2v) is 6.34. The standard InChI is InChI=1S/C15H15N3O4S/c1-10(19)17-12-4-2-11(3-5-12)15(20)18-13-6-8-14(9-7-13)23(16,21)22/h2-9H,1H3,(H,17,19)(H,18,20)(H2,16,21,22). The summed E-state index contributed by atoms with van der Waals surface area (Å²) in [5.41, 5.74) is 1.43. The molecule has 0 bridgehead atoms. The fourth-order valence-electron chi connectivity index (χ4n) is 1.84. The number of carbonyl (C=O) groups is 2. The summed E-state index contributed by atoms with van der Waals surface area (Å²) in [6.07, 6.45) is 0. The Morgan fingerprint density at radius 3 is 1.83 bits per heavy atom. The summed E-state index contributed by atoms with van der Waals surface area (Å²) >= 11 is 0. The van der Waals surface area contributed by atoms with Gasteiger partial charge in [-0.15, -0.1) is 0 Å². The van der Waals surface area contributed by atoms with Crippen molar-refractivity contribution in [2.75, 3.05) is 10.6 Å². The third kappa shape index (κ3) is 4.63. The van der Waals surface area contributed by atoms with Gasteiger partial charge in [0, 0.05) is 23.9 Å². The molecule has 0 saturated heterocycles. The number of hydrogen-bond acceptors (Lipinski definition) is 4. The molecule has 0 heterocycles. The zero-order valence-electron chi connectivity index (χ0n) is 12.2. The summed E-state index contributed by atoms with van der Waals surface area (Å²) in [5, 5.41) is 10.2. The lowest BCUT2D eigenvalue weighted by atomic mass is 10.2. The van der Waals surface area contributed by atoms with E-state index in [9.17, 15) is 18.0 Å². The van der Waals surface area contributed by atoms with Crippen LogP contribution in [-0.2, 0) is 14.8 Å². The molecule has 0 aliphatic carbocycles. The normalized spacial score (nSPS) is 10.9. The van der Waals surface area contributed by atoms with Gasteiger partial charge in [-0.25, -0.2) is 13.6 Å². The van der Waals surface area contributed by atoms with Gasteiger partial charge in [-0.2, -0.15) is 0 Å². The zero-order valence-corrected chi connectivity index (χ0v) is 13.1. The minimum atomic E-state index is -3.76. The van der Waals surface area contributed by atoms with Crippen LogP contribution in [0.4, 0.5) is 11.4 Å². The molecule has 2 amide bonds. The van der Waals surface area contributed by atoms with Gasteiger partial charge in [-0.05, 0) is 48.5 Å². The number of anilines is 2. The van der Waals surface area contributed by atoms with E-state index in [4.69, 9.17) is 5.14 Å². The van der Waals surface area contributed by atoms with Gasteiger partial charge in [0.25, 0.3) is 5.91 Å². The van der Waals surface area contributed by atoms with E-state index in [1.807, 2.05) is 0 Å². The second-order valence-electron chi connectivity index (χ2n) is 4.78. The van der Waals surface area contributed by atoms with Gasteiger partial charge in [-0.3, -0.25) is 9.59 Å². The average molecular weight is 333 g/mol. The van der Waals surface area contributed by atoms with E-state index >= 15 is 0 Å². The molecule has 0 aromatic heterocycles. The SMILES string of the molecule is CC(=O)Nc1ccc(C(=O)Nc2ccc(S(N)(=O)=O)cc2)cc1. The molecule has 0 unspecified atom stereocenters. The van der Waals surface area contributed by atoms with Crippen LogP contribution in [0.1, 0.15) is 17.3 Å². The highest BCUT2D eigenvalue weighted by atomic mass is 32.2. The van der Waals surface area contributed by atoms with Crippen molar-refractivity contribution in [3.63, 3.8) is 0 Å². The minimum absolute atomic E-state index is 0.0323. The third-order valence-corrected chi connectivity index (χ3v) is 3.84. The molecule has 2 aromatic rings. The lowest BCUT2D eigenvalue weighted by Gasteiger charge is -2.07. The fourth-order valence-corrected chi connectivity index (χ4v) is 2.35. The number of amides is 2. The first-order chi connectivity index (χ1) is 10.8. The molecule has 0 radical (unpaired) electrons. The largest absolute Gasteiger partial charge is 0.326 e. The average Bonchev–Trinajstić information content (AvgIpc) is 2.47. The van der Waals surface area contributed by atoms with Crippen LogP contribution in [0.3, 0.4) is 0 Å². The molecule has 2 aromatic carbocycles. The highest BCUT2D eigenvalue weighted by molar-refractivity contribution is 7.89. The molecule has 120 valence electrons. The van der Waals surface area contributed by atoms with E-state index < -0.39 is 10.0 Å². The van der Waals surface area contributed by atoms with Crippen molar-refractivity contribution in [1.82, 2.24) is 0 Å². The van der Waals surface area contributed by atoms with Crippen molar-refractivity contribution >= 4 is 33.2 Å². The summed E-state index contributed by atoms with van der Waals surface area (Å²) in [7, 11) is -3.76. The van der Waals surface area contributed by atoms with Crippen LogP contribution in [0, 0.1) is 0 Å². The molecule has 8 heteroatoms. The Morgan fingerprint density at radius 2 is 1.35 bits per heavy atom. The van der Waals surface area contributed by atoms with Crippen LogP contribution >= 0.6 is 0 Å². The van der Waals surface area contributed by atoms with Crippen LogP contribution in [0.2, 0.25) is 0 Å². The summed E-state index contributed by atoms with van der Waals surface area (Å²) < 4.78 is 22.3. The predicted molar refractivity (Wildman–Crippen MR) is 86.5 cm³/mol. The van der Waals surface area contributed by atoms with Crippen molar-refractivity contribution in [1.29, 1.82) is 0 Å². The highest BCUT2D eigenvalue weighted by Gasteiger charge is 2.09. The summed E-state index contributed by atoms with van der Waals surface area (Å²) in [6.45, 7) is 1.39. The molecule has 4 N–H and O–H groups in total. The lowest BCUT2D eigenvalue weighted by Crippen LogP contribution is -2.14. The number of carbonyl (C=O) groups excluding carboxylic acids is 2. The molecule has 0 aliphatic heterocycles. The Bertz CT molecular complexity index is 828. The molecule has 0 fully saturated rings. The van der Waals surface area contributed by atoms with Gasteiger partial charge in [0.2, 0.25) is 15.9 Å². The van der Waals surface area contributed by atoms with E-state index in [0.29, 0.717) is 16.9 Å². The summed E-state index contributed by atoms with van der Waals surface area (Å²) in [5.74, 6) is -0.556. The van der Waals surface area contributed by atoms with Crippen LogP contribution in [0.15, 0.2) is 53.4 Å². The Hall–Kier alpha value is -2.71. The van der Waals surface area contributed by atoms with E-state index in [-0.39, 0.29) is 16.7 Å². The van der Waals surface area contributed by atoms with Gasteiger partial charge < -0.3 is 10.6 Å². The van der Waals surface area contributed by atoms with Gasteiger partial charge in [0.05, 0.1) is 4.90 Å². The first-order valence-electron chi connectivity index (χ1n) is 6.57. The monoisotopic (exact) mass is 333 g/mol. The first kappa shape index (κ1) is 16.7. The predicted octanol–water partition coefficient (Wildman–Crippen LogP) is 1.54. The van der Waals surface area contributed by atoms with Crippen molar-refractivity contribution in [3.8, 4) is 0 Å². The molecule has 0 atom stereocenters. The van der Waals surface area contributed by atoms with Crippen molar-refractivity contribution in [3.05, 3.63) is 54.1 Å². The molecule has 2 rings (SSSR count). The van der Waals surface area contributed by atoms with Crippen LogP contribution < -0.4 is 15.8 Å². The smallest absolute Gasteiger partial charge is 0.255 e. The van der Waals surface area contributed by atoms with E-state index in [1.165, 1.54) is 31.2 Å². The summed E-state index contributed by atoms with van der Waals surface area (Å²) in [4.78, 5) is 23.0. The van der Waals surface area contributed by atoms with Gasteiger partial charge in [0.1, 0.15) is 0 Å². The van der Waals surface area contributed by atoms with Gasteiger partial charge in [0.15, 0.2) is 0 Å². The molecule has 0 spiro atoms. The molecule has 7 nitrogen and oxygen atoms in total. The highest BCUT2D eigenvalue weighted by Crippen LogP contribution is 2.15. The summed E-state index contributed by atoms with van der Waals surface area (Å²) in [6, 6.07) is 11.9. The van der Waals surface area contributed by atoms with Crippen molar-refractivity contribution in [2.45, 2.75) is 11.8 Å². The van der Waals surface area contributed by atoms with Gasteiger partial charge in [-0.1, -0.05) is 0 Å². The fraction of sp³-hybridized carbons (Fsp3) is 0.0667. The maximum atomic E-state index is 12.1. The van der Waals surface area contributed by atoms with E-state index in [1.54, 1.807) is 24.3 Å². The molecule has 0 aliphatic rings. The van der Waals surface area contributed by atoms with Gasteiger partial charge >= 0.3 is 0 Å². The first-order valence-corrected chi connectivity index (χ1v) is 8.12.